The lowest BCUT2D eigenvalue weighted by Crippen LogP contribution is -2.62. The number of fused-ring (bicyclic) bond motifs is 1. The quantitative estimate of drug-likeness (QED) is 0.183. The third-order valence-corrected chi connectivity index (χ3v) is 7.98. The topological polar surface area (TPSA) is 120 Å². The van der Waals surface area contributed by atoms with Gasteiger partial charge in [0.25, 0.3) is 0 Å². The summed E-state index contributed by atoms with van der Waals surface area (Å²) in [5.41, 5.74) is -2.90. The summed E-state index contributed by atoms with van der Waals surface area (Å²) in [6.45, 7) is -0.293. The van der Waals surface area contributed by atoms with Gasteiger partial charge in [0.1, 0.15) is 6.04 Å². The van der Waals surface area contributed by atoms with Gasteiger partial charge in [-0.15, -0.1) is 0 Å². The zero-order valence-corrected chi connectivity index (χ0v) is 25.4. The van der Waals surface area contributed by atoms with E-state index in [9.17, 15) is 67.1 Å². The van der Waals surface area contributed by atoms with E-state index < -0.39 is 94.4 Å². The van der Waals surface area contributed by atoms with Gasteiger partial charge >= 0.3 is 36.8 Å². The van der Waals surface area contributed by atoms with Crippen LogP contribution in [0.1, 0.15) is 47.9 Å². The zero-order valence-electron chi connectivity index (χ0n) is 25.4. The number of unbranched alkanes of at least 4 members (excludes halogenated alkanes) is 1. The minimum atomic E-state index is -5.20. The van der Waals surface area contributed by atoms with E-state index in [4.69, 9.17) is 5.73 Å². The maximum absolute atomic E-state index is 13.6. The number of amides is 5. The Labute approximate surface area is 275 Å². The zero-order chi connectivity index (χ0) is 37.4. The highest BCUT2D eigenvalue weighted by atomic mass is 19.4. The fourth-order valence-electron chi connectivity index (χ4n) is 5.73. The number of urea groups is 2. The van der Waals surface area contributed by atoms with Crippen molar-refractivity contribution in [2.45, 2.75) is 68.5 Å². The van der Waals surface area contributed by atoms with Crippen molar-refractivity contribution in [1.82, 2.24) is 15.1 Å². The van der Waals surface area contributed by atoms with Crippen LogP contribution in [0.5, 0.6) is 0 Å². The first kappa shape index (κ1) is 38.4. The number of piperazine rings is 1. The Bertz CT molecular complexity index is 1530. The number of nitrogens with two attached hydrogens (primary N) is 1. The fourth-order valence-corrected chi connectivity index (χ4v) is 5.73. The van der Waals surface area contributed by atoms with Crippen LogP contribution < -0.4 is 21.7 Å². The summed E-state index contributed by atoms with van der Waals surface area (Å²) in [5, 5.41) is 6.28. The van der Waals surface area contributed by atoms with Gasteiger partial charge in [0, 0.05) is 24.5 Å². The van der Waals surface area contributed by atoms with Gasteiger partial charge in [-0.25, -0.2) is 9.59 Å². The second-order valence-electron chi connectivity index (χ2n) is 11.6. The molecule has 2 fully saturated rings. The lowest BCUT2D eigenvalue weighted by molar-refractivity contribution is -0.144. The molecule has 3 atom stereocenters. The molecule has 0 aliphatic carbocycles. The molecule has 2 heterocycles. The highest BCUT2D eigenvalue weighted by molar-refractivity contribution is 5.95. The molecule has 276 valence electrons. The molecule has 2 aliphatic rings. The second-order valence-corrected chi connectivity index (χ2v) is 11.6. The van der Waals surface area contributed by atoms with Crippen LogP contribution in [0.15, 0.2) is 36.4 Å². The minimum Gasteiger partial charge on any atom is -0.334 e. The third-order valence-electron chi connectivity index (χ3n) is 7.98. The Balaban J connectivity index is 1.52. The molecule has 2 aromatic rings. The monoisotopic (exact) mass is 736 g/mol. The number of benzene rings is 2. The summed E-state index contributed by atoms with van der Waals surface area (Å²) >= 11 is 0. The number of hydrogen-bond acceptors (Lipinski definition) is 4. The largest absolute Gasteiger partial charge is 0.416 e. The maximum atomic E-state index is 13.6. The van der Waals surface area contributed by atoms with Gasteiger partial charge in [0.05, 0.1) is 34.3 Å². The molecule has 5 amide bonds. The number of carbonyl (C=O) groups is 3. The van der Waals surface area contributed by atoms with Crippen LogP contribution in [0, 0.1) is 0 Å². The molecule has 5 N–H and O–H groups in total. The second kappa shape index (κ2) is 14.1. The summed E-state index contributed by atoms with van der Waals surface area (Å²) < 4.78 is 159. The lowest BCUT2D eigenvalue weighted by Gasteiger charge is -2.42. The number of anilines is 2. The van der Waals surface area contributed by atoms with Gasteiger partial charge in [-0.1, -0.05) is 0 Å². The first-order valence-corrected chi connectivity index (χ1v) is 14.7. The van der Waals surface area contributed by atoms with Crippen LogP contribution in [0.25, 0.3) is 0 Å². The molecule has 2 aliphatic heterocycles. The first-order chi connectivity index (χ1) is 23.0. The van der Waals surface area contributed by atoms with Gasteiger partial charge < -0.3 is 31.5 Å². The summed E-state index contributed by atoms with van der Waals surface area (Å²) in [6.07, 6.45) is -20.2. The normalized spacial score (nSPS) is 20.1. The predicted molar refractivity (Wildman–Crippen MR) is 151 cm³/mol. The molecular weight excluding hydrogens is 708 g/mol. The summed E-state index contributed by atoms with van der Waals surface area (Å²) in [4.78, 5) is 41.8. The molecule has 9 nitrogen and oxygen atoms in total. The molecule has 0 unspecified atom stereocenters. The van der Waals surface area contributed by atoms with Crippen molar-refractivity contribution in [2.24, 2.45) is 5.73 Å². The number of nitrogens with zero attached hydrogens (tertiary/aromatic N) is 2. The summed E-state index contributed by atoms with van der Waals surface area (Å²) in [7, 11) is 0. The highest BCUT2D eigenvalue weighted by Crippen LogP contribution is 2.39. The molecule has 0 bridgehead atoms. The van der Waals surface area contributed by atoms with Crippen LogP contribution in [-0.4, -0.2) is 65.5 Å². The van der Waals surface area contributed by atoms with Crippen LogP contribution in [0.3, 0.4) is 0 Å². The van der Waals surface area contributed by atoms with E-state index >= 15 is 0 Å². The minimum absolute atomic E-state index is 0.00126. The van der Waals surface area contributed by atoms with Crippen LogP contribution >= 0.6 is 0 Å². The van der Waals surface area contributed by atoms with E-state index in [0.717, 1.165) is 4.90 Å². The number of nitrogens with one attached hydrogen (secondary N) is 3. The number of rotatable bonds is 7. The van der Waals surface area contributed by atoms with Gasteiger partial charge in [-0.2, -0.15) is 52.7 Å². The summed E-state index contributed by atoms with van der Waals surface area (Å²) in [6, 6.07) is -4.50. The third kappa shape index (κ3) is 9.21. The SMILES string of the molecule is NCCCC[C@@H]1C(=O)N2C[C@@H](NC(=O)Nc3cc(C(F)(F)F)cc(C(F)(F)F)c3)C[C@@H]2CN1C(=O)Nc1cc(C(F)(F)F)cc(C(F)(F)F)c1. The predicted octanol–water partition coefficient (Wildman–Crippen LogP) is 6.90. The Morgan fingerprint density at radius 1 is 0.700 bits per heavy atom. The van der Waals surface area contributed by atoms with Crippen LogP contribution in [0.4, 0.5) is 73.6 Å². The molecule has 0 aromatic heterocycles. The van der Waals surface area contributed by atoms with E-state index in [1.54, 1.807) is 0 Å². The van der Waals surface area contributed by atoms with Crippen molar-refractivity contribution in [3.05, 3.63) is 58.7 Å². The number of alkyl halides is 12. The molecule has 0 radical (unpaired) electrons. The maximum Gasteiger partial charge on any atom is 0.416 e. The average molecular weight is 737 g/mol. The van der Waals surface area contributed by atoms with E-state index in [-0.39, 0.29) is 51.0 Å². The molecule has 21 heteroatoms. The van der Waals surface area contributed by atoms with Crippen molar-refractivity contribution in [2.75, 3.05) is 30.3 Å². The molecular formula is C29H28F12N6O3. The first-order valence-electron chi connectivity index (χ1n) is 14.7. The fraction of sp³-hybridized carbons (Fsp3) is 0.483. The van der Waals surface area contributed by atoms with Crippen molar-refractivity contribution in [3.8, 4) is 0 Å². The van der Waals surface area contributed by atoms with Crippen LogP contribution in [-0.2, 0) is 29.5 Å². The van der Waals surface area contributed by atoms with Gasteiger partial charge in [0.2, 0.25) is 5.91 Å². The number of halogens is 12. The molecule has 2 saturated heterocycles. The molecule has 2 aromatic carbocycles. The Kier molecular flexibility index (Phi) is 10.8. The molecule has 50 heavy (non-hydrogen) atoms. The van der Waals surface area contributed by atoms with Crippen molar-refractivity contribution < 1.29 is 67.1 Å². The van der Waals surface area contributed by atoms with Crippen molar-refractivity contribution in [1.29, 1.82) is 0 Å². The Morgan fingerprint density at radius 3 is 1.60 bits per heavy atom. The standard InChI is InChI=1S/C29H28F12N6O3/c30-26(31,32)14-5-15(27(33,34)35)8-18(7-14)43-24(49)44-20-11-21-13-47(22(3-1-2-4-42)23(48)46(21)12-20)25(50)45-19-9-16(28(36,37)38)6-17(10-19)29(39,40)41/h5-10,20-22H,1-4,11-13,42H2,(H,45,50)(H2,43,44,49)/t20-,21+,22+/m0/s1. The molecule has 0 saturated carbocycles. The van der Waals surface area contributed by atoms with Crippen molar-refractivity contribution >= 4 is 29.3 Å². The van der Waals surface area contributed by atoms with E-state index in [0.29, 0.717) is 30.7 Å². The molecule has 4 rings (SSSR count). The molecule has 0 spiro atoms. The van der Waals surface area contributed by atoms with E-state index in [1.165, 1.54) is 4.90 Å². The lowest BCUT2D eigenvalue weighted by atomic mass is 10.0. The Hall–Kier alpha value is -4.43. The smallest absolute Gasteiger partial charge is 0.334 e. The Morgan fingerprint density at radius 2 is 1.16 bits per heavy atom. The van der Waals surface area contributed by atoms with Gasteiger partial charge in [-0.05, 0) is 68.6 Å². The van der Waals surface area contributed by atoms with Crippen molar-refractivity contribution in [3.63, 3.8) is 0 Å². The number of carbonyl (C=O) groups excluding carboxylic acids is 3. The van der Waals surface area contributed by atoms with Gasteiger partial charge in [0.15, 0.2) is 0 Å². The van der Waals surface area contributed by atoms with E-state index in [1.807, 2.05) is 10.6 Å². The van der Waals surface area contributed by atoms with Crippen LogP contribution in [0.2, 0.25) is 0 Å². The van der Waals surface area contributed by atoms with Gasteiger partial charge in [-0.3, -0.25) is 4.79 Å². The number of hydrogen-bond donors (Lipinski definition) is 4. The average Bonchev–Trinajstić information content (AvgIpc) is 3.38. The highest BCUT2D eigenvalue weighted by Gasteiger charge is 2.47. The summed E-state index contributed by atoms with van der Waals surface area (Å²) in [5.74, 6) is -0.675. The van der Waals surface area contributed by atoms with E-state index in [2.05, 4.69) is 5.32 Å².